The Morgan fingerprint density at radius 3 is 2.14 bits per heavy atom. The maximum absolute atomic E-state index is 9.83. The number of aliphatic hydroxyl groups excluding tert-OH is 2. The van der Waals surface area contributed by atoms with E-state index in [0.29, 0.717) is 24.1 Å². The maximum Gasteiger partial charge on any atom is 0.126 e. The number of aromatic hydroxyl groups is 1. The van der Waals surface area contributed by atoms with Gasteiger partial charge in [0.2, 0.25) is 0 Å². The fourth-order valence-electron chi connectivity index (χ4n) is 2.34. The minimum atomic E-state index is -0.251. The summed E-state index contributed by atoms with van der Waals surface area (Å²) in [7, 11) is 0. The normalized spacial score (nSPS) is 11.7. The Morgan fingerprint density at radius 1 is 1.00 bits per heavy atom. The molecule has 0 fully saturated rings. The van der Waals surface area contributed by atoms with Gasteiger partial charge in [0.25, 0.3) is 0 Å². The molecule has 0 amide bonds. The molecule has 0 heterocycles. The highest BCUT2D eigenvalue weighted by Gasteiger charge is 2.08. The summed E-state index contributed by atoms with van der Waals surface area (Å²) in [4.78, 5) is 4.55. The van der Waals surface area contributed by atoms with Crippen LogP contribution in [0, 0.1) is 0 Å². The molecule has 0 aliphatic heterocycles. The predicted octanol–water partition coefficient (Wildman–Crippen LogP) is 2.43. The Balaban J connectivity index is 2.09. The number of nitrogens with zero attached hydrogens (tertiary/aromatic N) is 1. The van der Waals surface area contributed by atoms with E-state index in [-0.39, 0.29) is 19.0 Å². The van der Waals surface area contributed by atoms with Crippen molar-refractivity contribution in [1.82, 2.24) is 0 Å². The second-order valence-electron chi connectivity index (χ2n) is 5.16. The first-order valence-electron chi connectivity index (χ1n) is 7.27. The predicted molar refractivity (Wildman–Crippen MR) is 87.2 cm³/mol. The smallest absolute Gasteiger partial charge is 0.126 e. The monoisotopic (exact) mass is 299 g/mol. The lowest BCUT2D eigenvalue weighted by atomic mass is 10.0. The third kappa shape index (κ3) is 3.93. The molecule has 4 heteroatoms. The Kier molecular flexibility index (Phi) is 5.69. The van der Waals surface area contributed by atoms with E-state index in [2.05, 4.69) is 4.99 Å². The molecule has 0 spiro atoms. The average Bonchev–Trinajstić information content (AvgIpc) is 2.56. The Labute approximate surface area is 130 Å². The van der Waals surface area contributed by atoms with E-state index in [0.717, 1.165) is 16.8 Å². The molecule has 0 aromatic heterocycles. The summed E-state index contributed by atoms with van der Waals surface area (Å²) in [5.41, 5.74) is 3.88. The summed E-state index contributed by atoms with van der Waals surface area (Å²) in [5, 5.41) is 28.3. The van der Waals surface area contributed by atoms with Crippen LogP contribution in [-0.4, -0.2) is 27.6 Å². The van der Waals surface area contributed by atoms with Gasteiger partial charge in [-0.2, -0.15) is 0 Å². The van der Waals surface area contributed by atoms with Crippen LogP contribution in [0.1, 0.15) is 29.2 Å². The fraction of sp³-hybridized carbons (Fsp3) is 0.278. The van der Waals surface area contributed by atoms with Crippen LogP contribution in [0.15, 0.2) is 47.5 Å². The van der Waals surface area contributed by atoms with Crippen molar-refractivity contribution in [1.29, 1.82) is 0 Å². The first-order valence-corrected chi connectivity index (χ1v) is 7.27. The number of hydrogen-bond acceptors (Lipinski definition) is 4. The van der Waals surface area contributed by atoms with Gasteiger partial charge < -0.3 is 15.3 Å². The van der Waals surface area contributed by atoms with Crippen molar-refractivity contribution < 1.29 is 15.3 Å². The van der Waals surface area contributed by atoms with Crippen molar-refractivity contribution in [2.75, 3.05) is 6.54 Å². The van der Waals surface area contributed by atoms with Gasteiger partial charge in [0.05, 0.1) is 13.2 Å². The van der Waals surface area contributed by atoms with E-state index in [9.17, 15) is 15.3 Å². The van der Waals surface area contributed by atoms with Crippen LogP contribution in [-0.2, 0) is 19.6 Å². The summed E-state index contributed by atoms with van der Waals surface area (Å²) in [6.45, 7) is 2.09. The molecule has 116 valence electrons. The molecular weight excluding hydrogens is 278 g/mol. The molecule has 0 atom stereocenters. The molecule has 2 aromatic rings. The maximum atomic E-state index is 9.83. The third-order valence-corrected chi connectivity index (χ3v) is 3.61. The van der Waals surface area contributed by atoms with Crippen LogP contribution in [0.4, 0.5) is 0 Å². The van der Waals surface area contributed by atoms with Crippen LogP contribution >= 0.6 is 0 Å². The van der Waals surface area contributed by atoms with Crippen molar-refractivity contribution in [3.8, 4) is 5.75 Å². The van der Waals surface area contributed by atoms with Crippen LogP contribution in [0.25, 0.3) is 0 Å². The second-order valence-corrected chi connectivity index (χ2v) is 5.16. The highest BCUT2D eigenvalue weighted by atomic mass is 16.3. The molecule has 0 radical (unpaired) electrons. The van der Waals surface area contributed by atoms with Gasteiger partial charge in [-0.05, 0) is 36.6 Å². The molecule has 0 saturated heterocycles. The zero-order valence-electron chi connectivity index (χ0n) is 12.7. The Bertz CT molecular complexity index is 626. The van der Waals surface area contributed by atoms with Gasteiger partial charge in [0.1, 0.15) is 5.75 Å². The molecule has 0 aliphatic carbocycles. The number of aliphatic imine (C=N–C) groups is 1. The van der Waals surface area contributed by atoms with Gasteiger partial charge in [-0.15, -0.1) is 0 Å². The van der Waals surface area contributed by atoms with E-state index in [1.807, 2.05) is 37.3 Å². The van der Waals surface area contributed by atoms with Gasteiger partial charge in [-0.1, -0.05) is 30.3 Å². The zero-order chi connectivity index (χ0) is 15.9. The van der Waals surface area contributed by atoms with Crippen molar-refractivity contribution in [3.05, 3.63) is 64.7 Å². The molecule has 0 bridgehead atoms. The minimum absolute atomic E-state index is 0.0299. The topological polar surface area (TPSA) is 73.1 Å². The summed E-state index contributed by atoms with van der Waals surface area (Å²) < 4.78 is 0. The van der Waals surface area contributed by atoms with Gasteiger partial charge in [0, 0.05) is 23.4 Å². The lowest BCUT2D eigenvalue weighted by Gasteiger charge is -2.10. The Morgan fingerprint density at radius 2 is 1.59 bits per heavy atom. The number of benzene rings is 2. The fourth-order valence-corrected chi connectivity index (χ4v) is 2.34. The molecule has 0 aliphatic rings. The molecule has 0 unspecified atom stereocenters. The average molecular weight is 299 g/mol. The van der Waals surface area contributed by atoms with Crippen molar-refractivity contribution in [3.63, 3.8) is 0 Å². The molecule has 22 heavy (non-hydrogen) atoms. The molecule has 3 N–H and O–H groups in total. The van der Waals surface area contributed by atoms with Gasteiger partial charge in [-0.25, -0.2) is 0 Å². The van der Waals surface area contributed by atoms with Crippen LogP contribution in [0.2, 0.25) is 0 Å². The zero-order valence-corrected chi connectivity index (χ0v) is 12.7. The summed E-state index contributed by atoms with van der Waals surface area (Å²) in [6, 6.07) is 13.5. The number of aliphatic hydroxyl groups is 2. The van der Waals surface area contributed by atoms with Crippen molar-refractivity contribution >= 4 is 5.71 Å². The van der Waals surface area contributed by atoms with Crippen molar-refractivity contribution in [2.45, 2.75) is 26.6 Å². The van der Waals surface area contributed by atoms with E-state index < -0.39 is 0 Å². The van der Waals surface area contributed by atoms with Gasteiger partial charge in [-0.3, -0.25) is 4.99 Å². The van der Waals surface area contributed by atoms with E-state index in [1.54, 1.807) is 12.1 Å². The quantitative estimate of drug-likeness (QED) is 0.717. The molecule has 0 saturated carbocycles. The minimum Gasteiger partial charge on any atom is -0.507 e. The van der Waals surface area contributed by atoms with Crippen LogP contribution in [0.5, 0.6) is 5.75 Å². The molecule has 2 aromatic carbocycles. The van der Waals surface area contributed by atoms with Gasteiger partial charge in [0.15, 0.2) is 0 Å². The first kappa shape index (κ1) is 16.2. The lowest BCUT2D eigenvalue weighted by molar-refractivity contribution is 0.263. The molecule has 2 rings (SSSR count). The lowest BCUT2D eigenvalue weighted by Crippen LogP contribution is -2.00. The van der Waals surface area contributed by atoms with E-state index in [4.69, 9.17) is 0 Å². The highest BCUT2D eigenvalue weighted by molar-refractivity contribution is 5.98. The van der Waals surface area contributed by atoms with Crippen LogP contribution in [0.3, 0.4) is 0 Å². The van der Waals surface area contributed by atoms with Crippen molar-refractivity contribution in [2.24, 2.45) is 4.99 Å². The summed E-state index contributed by atoms with van der Waals surface area (Å²) in [6.07, 6.45) is 0.685. The summed E-state index contributed by atoms with van der Waals surface area (Å²) in [5.74, 6) is -0.0299. The molecular formula is C18H21NO3. The third-order valence-electron chi connectivity index (χ3n) is 3.61. The largest absolute Gasteiger partial charge is 0.507 e. The summed E-state index contributed by atoms with van der Waals surface area (Å²) >= 11 is 0. The first-order chi connectivity index (χ1) is 10.7. The number of hydrogen-bond donors (Lipinski definition) is 3. The Hall–Kier alpha value is -2.17. The SMILES string of the molecule is CC(=NCCc1cc(CO)c(O)c(CO)c1)c1ccccc1. The highest BCUT2D eigenvalue weighted by Crippen LogP contribution is 2.25. The number of phenols is 1. The number of rotatable bonds is 6. The standard InChI is InChI=1S/C18H21NO3/c1-13(15-5-3-2-4-6-15)19-8-7-14-9-16(11-20)18(22)17(10-14)12-21/h2-6,9-10,20-22H,7-8,11-12H2,1H3. The second kappa shape index (κ2) is 7.73. The van der Waals surface area contributed by atoms with Gasteiger partial charge >= 0.3 is 0 Å². The van der Waals surface area contributed by atoms with E-state index in [1.165, 1.54) is 0 Å². The van der Waals surface area contributed by atoms with E-state index >= 15 is 0 Å². The molecule has 4 nitrogen and oxygen atoms in total. The van der Waals surface area contributed by atoms with Crippen LogP contribution < -0.4 is 0 Å².